The summed E-state index contributed by atoms with van der Waals surface area (Å²) in [5.74, 6) is 0.992. The molecule has 1 N–H and O–H groups in total. The van der Waals surface area contributed by atoms with Crippen molar-refractivity contribution in [2.75, 3.05) is 27.2 Å². The van der Waals surface area contributed by atoms with Gasteiger partial charge < -0.3 is 15.0 Å². The van der Waals surface area contributed by atoms with E-state index in [1.807, 2.05) is 12.1 Å². The fourth-order valence-corrected chi connectivity index (χ4v) is 2.50. The van der Waals surface area contributed by atoms with Gasteiger partial charge in [-0.1, -0.05) is 32.0 Å². The van der Waals surface area contributed by atoms with Crippen molar-refractivity contribution >= 4 is 0 Å². The molecule has 3 heteroatoms. The van der Waals surface area contributed by atoms with Crippen LogP contribution >= 0.6 is 0 Å². The van der Waals surface area contributed by atoms with Gasteiger partial charge in [0.1, 0.15) is 5.75 Å². The average Bonchev–Trinajstić information content (AvgIpc) is 2.47. The second-order valence-electron chi connectivity index (χ2n) is 5.47. The van der Waals surface area contributed by atoms with Gasteiger partial charge in [0.05, 0.1) is 7.11 Å². The summed E-state index contributed by atoms with van der Waals surface area (Å²) in [6, 6.07) is 9.37. The third-order valence-corrected chi connectivity index (χ3v) is 3.95. The highest BCUT2D eigenvalue weighted by Crippen LogP contribution is 2.20. The van der Waals surface area contributed by atoms with Crippen molar-refractivity contribution < 1.29 is 4.74 Å². The molecule has 0 amide bonds. The number of para-hydroxylation sites is 1. The number of benzene rings is 1. The number of nitrogens with zero attached hydrogens (tertiary/aromatic N) is 1. The number of rotatable bonds is 9. The number of nitrogens with one attached hydrogen (secondary N) is 1. The van der Waals surface area contributed by atoms with E-state index in [0.29, 0.717) is 12.1 Å². The van der Waals surface area contributed by atoms with Gasteiger partial charge in [-0.25, -0.2) is 0 Å². The molecule has 114 valence electrons. The molecule has 2 atom stereocenters. The maximum Gasteiger partial charge on any atom is 0.122 e. The van der Waals surface area contributed by atoms with Crippen molar-refractivity contribution in [2.24, 2.45) is 0 Å². The van der Waals surface area contributed by atoms with Crippen molar-refractivity contribution in [2.45, 2.75) is 45.7 Å². The predicted octanol–water partition coefficient (Wildman–Crippen LogP) is 2.95. The van der Waals surface area contributed by atoms with E-state index in [1.165, 1.54) is 12.0 Å². The third-order valence-electron chi connectivity index (χ3n) is 3.95. The first-order chi connectivity index (χ1) is 9.62. The lowest BCUT2D eigenvalue weighted by Crippen LogP contribution is -2.43. The van der Waals surface area contributed by atoms with E-state index in [-0.39, 0.29) is 0 Å². The molecule has 0 heterocycles. The lowest BCUT2D eigenvalue weighted by Gasteiger charge is -2.29. The maximum absolute atomic E-state index is 5.44. The Labute approximate surface area is 124 Å². The van der Waals surface area contributed by atoms with Crippen LogP contribution in [-0.4, -0.2) is 44.2 Å². The van der Waals surface area contributed by atoms with Crippen LogP contribution in [0.15, 0.2) is 24.3 Å². The summed E-state index contributed by atoms with van der Waals surface area (Å²) < 4.78 is 5.44. The van der Waals surface area contributed by atoms with Crippen molar-refractivity contribution in [1.82, 2.24) is 10.2 Å². The van der Waals surface area contributed by atoms with Gasteiger partial charge in [-0.15, -0.1) is 0 Å². The minimum Gasteiger partial charge on any atom is -0.496 e. The Hall–Kier alpha value is -1.06. The van der Waals surface area contributed by atoms with Gasteiger partial charge in [0.2, 0.25) is 0 Å². The van der Waals surface area contributed by atoms with Gasteiger partial charge in [-0.3, -0.25) is 0 Å². The number of hydrogen-bond acceptors (Lipinski definition) is 3. The lowest BCUT2D eigenvalue weighted by atomic mass is 10.0. The number of likely N-dealkylation sites (N-methyl/N-ethyl adjacent to an activating group) is 2. The smallest absolute Gasteiger partial charge is 0.122 e. The van der Waals surface area contributed by atoms with Gasteiger partial charge in [-0.2, -0.15) is 0 Å². The molecular weight excluding hydrogens is 248 g/mol. The SMILES string of the molecule is CCNC(CC)CN(C)C(C)Cc1ccccc1OC. The summed E-state index contributed by atoms with van der Waals surface area (Å²) >= 11 is 0. The van der Waals surface area contributed by atoms with Gasteiger partial charge >= 0.3 is 0 Å². The monoisotopic (exact) mass is 278 g/mol. The lowest BCUT2D eigenvalue weighted by molar-refractivity contribution is 0.224. The Bertz CT molecular complexity index is 381. The highest BCUT2D eigenvalue weighted by molar-refractivity contribution is 5.33. The topological polar surface area (TPSA) is 24.5 Å². The second kappa shape index (κ2) is 8.98. The Morgan fingerprint density at radius 3 is 2.55 bits per heavy atom. The first kappa shape index (κ1) is 17.0. The molecule has 0 fully saturated rings. The Morgan fingerprint density at radius 2 is 1.95 bits per heavy atom. The van der Waals surface area contributed by atoms with E-state index in [4.69, 9.17) is 4.74 Å². The summed E-state index contributed by atoms with van der Waals surface area (Å²) in [4.78, 5) is 2.43. The van der Waals surface area contributed by atoms with Crippen LogP contribution in [0.5, 0.6) is 5.75 Å². The van der Waals surface area contributed by atoms with E-state index < -0.39 is 0 Å². The fraction of sp³-hybridized carbons (Fsp3) is 0.647. The van der Waals surface area contributed by atoms with Crippen LogP contribution in [-0.2, 0) is 6.42 Å². The van der Waals surface area contributed by atoms with Crippen molar-refractivity contribution in [1.29, 1.82) is 0 Å². The molecule has 1 aromatic rings. The third kappa shape index (κ3) is 5.14. The molecule has 1 rings (SSSR count). The molecular formula is C17H30N2O. The molecule has 0 spiro atoms. The minimum absolute atomic E-state index is 0.499. The second-order valence-corrected chi connectivity index (χ2v) is 5.47. The van der Waals surface area contributed by atoms with Crippen LogP contribution in [0.4, 0.5) is 0 Å². The van der Waals surface area contributed by atoms with Crippen LogP contribution in [0.2, 0.25) is 0 Å². The molecule has 1 aromatic carbocycles. The standard InChI is InChI=1S/C17H30N2O/c1-6-16(18-7-2)13-19(4)14(3)12-15-10-8-9-11-17(15)20-5/h8-11,14,16,18H,6-7,12-13H2,1-5H3. The quantitative estimate of drug-likeness (QED) is 0.751. The molecule has 20 heavy (non-hydrogen) atoms. The molecule has 0 saturated carbocycles. The highest BCUT2D eigenvalue weighted by Gasteiger charge is 2.15. The molecule has 0 aliphatic heterocycles. The summed E-state index contributed by atoms with van der Waals surface area (Å²) in [5.41, 5.74) is 1.28. The van der Waals surface area contributed by atoms with Gasteiger partial charge in [0.15, 0.2) is 0 Å². The van der Waals surface area contributed by atoms with Crippen LogP contribution in [0, 0.1) is 0 Å². The summed E-state index contributed by atoms with van der Waals surface area (Å²) in [6.45, 7) is 8.81. The molecule has 0 saturated heterocycles. The van der Waals surface area contributed by atoms with E-state index in [1.54, 1.807) is 7.11 Å². The fourth-order valence-electron chi connectivity index (χ4n) is 2.50. The van der Waals surface area contributed by atoms with Crippen molar-refractivity contribution in [3.05, 3.63) is 29.8 Å². The predicted molar refractivity (Wildman–Crippen MR) is 86.5 cm³/mol. The largest absolute Gasteiger partial charge is 0.496 e. The molecule has 2 unspecified atom stereocenters. The summed E-state index contributed by atoms with van der Waals surface area (Å²) in [6.07, 6.45) is 2.18. The van der Waals surface area contributed by atoms with Crippen LogP contribution in [0.3, 0.4) is 0 Å². The zero-order chi connectivity index (χ0) is 15.0. The Balaban J connectivity index is 2.58. The first-order valence-corrected chi connectivity index (χ1v) is 7.67. The molecule has 0 radical (unpaired) electrons. The number of ether oxygens (including phenoxy) is 1. The van der Waals surface area contributed by atoms with Gasteiger partial charge in [0, 0.05) is 18.6 Å². The first-order valence-electron chi connectivity index (χ1n) is 7.67. The zero-order valence-electron chi connectivity index (χ0n) is 13.6. The van der Waals surface area contributed by atoms with E-state index in [0.717, 1.165) is 25.3 Å². The maximum atomic E-state index is 5.44. The normalized spacial score (nSPS) is 14.3. The molecule has 0 aliphatic carbocycles. The molecule has 3 nitrogen and oxygen atoms in total. The van der Waals surface area contributed by atoms with Gasteiger partial charge in [0.25, 0.3) is 0 Å². The van der Waals surface area contributed by atoms with E-state index >= 15 is 0 Å². The van der Waals surface area contributed by atoms with E-state index in [9.17, 15) is 0 Å². The average molecular weight is 278 g/mol. The Morgan fingerprint density at radius 1 is 1.25 bits per heavy atom. The highest BCUT2D eigenvalue weighted by atomic mass is 16.5. The number of methoxy groups -OCH3 is 1. The van der Waals surface area contributed by atoms with Crippen molar-refractivity contribution in [3.8, 4) is 5.75 Å². The summed E-state index contributed by atoms with van der Waals surface area (Å²) in [7, 11) is 3.95. The molecule has 0 aliphatic rings. The van der Waals surface area contributed by atoms with Gasteiger partial charge in [-0.05, 0) is 45.0 Å². The number of hydrogen-bond donors (Lipinski definition) is 1. The minimum atomic E-state index is 0.499. The molecule has 0 aromatic heterocycles. The van der Waals surface area contributed by atoms with Crippen molar-refractivity contribution in [3.63, 3.8) is 0 Å². The van der Waals surface area contributed by atoms with Crippen LogP contribution in [0.25, 0.3) is 0 Å². The Kier molecular flexibility index (Phi) is 7.63. The van der Waals surface area contributed by atoms with Crippen LogP contribution < -0.4 is 10.1 Å². The van der Waals surface area contributed by atoms with E-state index in [2.05, 4.69) is 50.2 Å². The van der Waals surface area contributed by atoms with Crippen LogP contribution in [0.1, 0.15) is 32.8 Å². The summed E-state index contributed by atoms with van der Waals surface area (Å²) in [5, 5.41) is 3.54. The zero-order valence-corrected chi connectivity index (χ0v) is 13.6. The molecule has 0 bridgehead atoms.